The Hall–Kier alpha value is -4.26. The van der Waals surface area contributed by atoms with E-state index in [2.05, 4.69) is 24.3 Å². The average molecular weight is 745 g/mol. The second-order valence-corrected chi connectivity index (χ2v) is 17.4. The Morgan fingerprint density at radius 1 is 0.944 bits per heavy atom. The number of carbonyl (C=O) groups excluding carboxylic acids is 4. The molecule has 1 unspecified atom stereocenters. The lowest BCUT2D eigenvalue weighted by atomic mass is 9.70. The molecule has 13 heteroatoms. The van der Waals surface area contributed by atoms with Crippen LogP contribution in [0.2, 0.25) is 0 Å². The van der Waals surface area contributed by atoms with Crippen LogP contribution in [-0.4, -0.2) is 117 Å². The molecule has 5 atom stereocenters. The summed E-state index contributed by atoms with van der Waals surface area (Å²) in [6.07, 6.45) is 10.7. The molecule has 3 saturated heterocycles. The minimum Gasteiger partial charge on any atom is -0.480 e. The van der Waals surface area contributed by atoms with Crippen molar-refractivity contribution in [3.63, 3.8) is 0 Å². The number of carboxylic acids is 1. The van der Waals surface area contributed by atoms with Gasteiger partial charge in [0.1, 0.15) is 12.1 Å². The molecule has 2 saturated carbocycles. The number of rotatable bonds is 12. The third kappa shape index (κ3) is 7.92. The first kappa shape index (κ1) is 38.0. The van der Waals surface area contributed by atoms with Gasteiger partial charge in [-0.05, 0) is 62.3 Å². The lowest BCUT2D eigenvalue weighted by molar-refractivity contribution is -0.157. The zero-order valence-corrected chi connectivity index (χ0v) is 32.0. The summed E-state index contributed by atoms with van der Waals surface area (Å²) in [6, 6.07) is 7.77. The molecule has 0 bridgehead atoms. The second kappa shape index (κ2) is 15.5. The molecule has 2 N–H and O–H groups in total. The first-order valence-electron chi connectivity index (χ1n) is 19.9. The standard InChI is InChI=1S/C41H56N6O7/c1-27(54-23-29-14-8-5-9-15-29)34(38(51)47-17-11-10-16-33(47)39(52)53)43-35(48)32-22-44(24-41(32)25-45(26-41)37(50)31-18-40(31,2)3)36(49)30-19-42-46(21-30)20-28-12-6-4-7-13-28/h4,6-7,12-13,19,21,27,29,31-34H,5,8-11,14-18,20,22-26H2,1-3H3,(H,43,48)(H,52,53)/t27-,31-,32+,33?,34+/m1/s1. The van der Waals surface area contributed by atoms with Crippen molar-refractivity contribution in [1.82, 2.24) is 29.8 Å². The van der Waals surface area contributed by atoms with Gasteiger partial charge in [-0.3, -0.25) is 23.9 Å². The van der Waals surface area contributed by atoms with E-state index in [0.29, 0.717) is 63.5 Å². The number of piperidine rings is 1. The highest BCUT2D eigenvalue weighted by molar-refractivity contribution is 5.96. The summed E-state index contributed by atoms with van der Waals surface area (Å²) in [5.74, 6) is -2.44. The predicted molar refractivity (Wildman–Crippen MR) is 199 cm³/mol. The van der Waals surface area contributed by atoms with E-state index in [1.807, 2.05) is 35.2 Å². The Bertz CT molecular complexity index is 1710. The maximum atomic E-state index is 14.6. The molecule has 3 aliphatic heterocycles. The third-order valence-electron chi connectivity index (χ3n) is 12.9. The van der Waals surface area contributed by atoms with Crippen LogP contribution in [0, 0.1) is 28.6 Å². The van der Waals surface area contributed by atoms with Gasteiger partial charge in [0.15, 0.2) is 0 Å². The molecule has 1 spiro atoms. The summed E-state index contributed by atoms with van der Waals surface area (Å²) in [5.41, 5.74) is 0.729. The number of nitrogens with zero attached hydrogens (tertiary/aromatic N) is 5. The molecule has 4 amide bonds. The zero-order valence-electron chi connectivity index (χ0n) is 32.0. The molecule has 54 heavy (non-hydrogen) atoms. The molecule has 7 rings (SSSR count). The van der Waals surface area contributed by atoms with E-state index in [4.69, 9.17) is 4.74 Å². The average Bonchev–Trinajstić information content (AvgIpc) is 3.45. The Balaban J connectivity index is 1.11. The van der Waals surface area contributed by atoms with Crippen molar-refractivity contribution in [1.29, 1.82) is 0 Å². The van der Waals surface area contributed by atoms with Crippen molar-refractivity contribution in [3.8, 4) is 0 Å². The molecule has 13 nitrogen and oxygen atoms in total. The fraction of sp³-hybridized carbons (Fsp3) is 0.659. The van der Waals surface area contributed by atoms with Crippen LogP contribution >= 0.6 is 0 Å². The summed E-state index contributed by atoms with van der Waals surface area (Å²) in [5, 5.41) is 17.5. The fourth-order valence-corrected chi connectivity index (χ4v) is 9.30. The fourth-order valence-electron chi connectivity index (χ4n) is 9.30. The summed E-state index contributed by atoms with van der Waals surface area (Å²) in [6.45, 7) is 8.29. The van der Waals surface area contributed by atoms with Crippen LogP contribution in [0.25, 0.3) is 0 Å². The van der Waals surface area contributed by atoms with Gasteiger partial charge in [-0.15, -0.1) is 0 Å². The highest BCUT2D eigenvalue weighted by atomic mass is 16.5. The number of hydrogen-bond acceptors (Lipinski definition) is 7. The Kier molecular flexibility index (Phi) is 10.9. The lowest BCUT2D eigenvalue weighted by Gasteiger charge is -2.50. The van der Waals surface area contributed by atoms with Crippen molar-refractivity contribution in [2.24, 2.45) is 28.6 Å². The highest BCUT2D eigenvalue weighted by Gasteiger charge is 2.62. The van der Waals surface area contributed by atoms with Crippen molar-refractivity contribution >= 4 is 29.6 Å². The van der Waals surface area contributed by atoms with Gasteiger partial charge in [-0.2, -0.15) is 5.10 Å². The van der Waals surface area contributed by atoms with Crippen molar-refractivity contribution in [2.45, 2.75) is 103 Å². The quantitative estimate of drug-likeness (QED) is 0.333. The van der Waals surface area contributed by atoms with Gasteiger partial charge in [-0.25, -0.2) is 4.79 Å². The minimum atomic E-state index is -1.11. The second-order valence-electron chi connectivity index (χ2n) is 17.4. The molecular formula is C41H56N6O7. The predicted octanol–water partition coefficient (Wildman–Crippen LogP) is 3.81. The third-order valence-corrected chi connectivity index (χ3v) is 12.9. The molecule has 1 aromatic carbocycles. The van der Waals surface area contributed by atoms with E-state index in [1.54, 1.807) is 28.9 Å². The summed E-state index contributed by atoms with van der Waals surface area (Å²) in [7, 11) is 0. The van der Waals surface area contributed by atoms with Crippen molar-refractivity contribution < 1.29 is 33.8 Å². The number of ether oxygens (including phenoxy) is 1. The Morgan fingerprint density at radius 3 is 2.31 bits per heavy atom. The van der Waals surface area contributed by atoms with Gasteiger partial charge in [0, 0.05) is 56.9 Å². The van der Waals surface area contributed by atoms with Gasteiger partial charge in [-0.1, -0.05) is 63.4 Å². The number of aliphatic carboxylic acids is 1. The molecule has 2 aromatic rings. The molecule has 5 aliphatic rings. The normalized spacial score (nSPS) is 25.8. The largest absolute Gasteiger partial charge is 0.480 e. The van der Waals surface area contributed by atoms with Gasteiger partial charge in [0.05, 0.1) is 30.3 Å². The van der Waals surface area contributed by atoms with Crippen LogP contribution in [0.4, 0.5) is 0 Å². The van der Waals surface area contributed by atoms with Crippen molar-refractivity contribution in [3.05, 3.63) is 53.9 Å². The number of aromatic nitrogens is 2. The van der Waals surface area contributed by atoms with E-state index in [-0.39, 0.29) is 42.1 Å². The number of carboxylic acid groups (broad SMARTS) is 1. The maximum absolute atomic E-state index is 14.6. The van der Waals surface area contributed by atoms with Gasteiger partial charge < -0.3 is 29.9 Å². The van der Waals surface area contributed by atoms with E-state index in [9.17, 15) is 29.1 Å². The van der Waals surface area contributed by atoms with Crippen LogP contribution < -0.4 is 5.32 Å². The highest BCUT2D eigenvalue weighted by Crippen LogP contribution is 2.54. The number of nitrogens with one attached hydrogen (secondary N) is 1. The molecule has 0 radical (unpaired) electrons. The van der Waals surface area contributed by atoms with E-state index in [1.165, 1.54) is 11.3 Å². The van der Waals surface area contributed by atoms with Crippen LogP contribution in [-0.2, 0) is 30.5 Å². The van der Waals surface area contributed by atoms with E-state index in [0.717, 1.165) is 37.7 Å². The molecular weight excluding hydrogens is 688 g/mol. The van der Waals surface area contributed by atoms with Gasteiger partial charge >= 0.3 is 5.97 Å². The molecule has 1 aromatic heterocycles. The molecule has 292 valence electrons. The van der Waals surface area contributed by atoms with Crippen molar-refractivity contribution in [2.75, 3.05) is 39.3 Å². The van der Waals surface area contributed by atoms with Gasteiger partial charge in [0.25, 0.3) is 5.91 Å². The van der Waals surface area contributed by atoms with E-state index >= 15 is 0 Å². The van der Waals surface area contributed by atoms with Crippen LogP contribution in [0.5, 0.6) is 0 Å². The first-order chi connectivity index (χ1) is 25.8. The topological polar surface area (TPSA) is 154 Å². The van der Waals surface area contributed by atoms with Crippen LogP contribution in [0.3, 0.4) is 0 Å². The number of likely N-dealkylation sites (tertiary alicyclic amines) is 3. The number of hydrogen-bond donors (Lipinski definition) is 2. The lowest BCUT2D eigenvalue weighted by Crippen LogP contribution is -2.66. The maximum Gasteiger partial charge on any atom is 0.326 e. The summed E-state index contributed by atoms with van der Waals surface area (Å²) >= 11 is 0. The van der Waals surface area contributed by atoms with Crippen LogP contribution in [0.15, 0.2) is 42.7 Å². The molecule has 5 fully saturated rings. The monoisotopic (exact) mass is 744 g/mol. The number of benzene rings is 1. The Morgan fingerprint density at radius 2 is 1.63 bits per heavy atom. The summed E-state index contributed by atoms with van der Waals surface area (Å²) < 4.78 is 8.05. The Labute approximate surface area is 317 Å². The van der Waals surface area contributed by atoms with E-state index < -0.39 is 41.4 Å². The van der Waals surface area contributed by atoms with Crippen LogP contribution in [0.1, 0.15) is 94.5 Å². The first-order valence-corrected chi connectivity index (χ1v) is 19.9. The summed E-state index contributed by atoms with van der Waals surface area (Å²) in [4.78, 5) is 73.5. The molecule has 2 aliphatic carbocycles. The zero-order chi connectivity index (χ0) is 38.2. The van der Waals surface area contributed by atoms with Gasteiger partial charge in [0.2, 0.25) is 17.7 Å². The molecule has 4 heterocycles. The number of amides is 4. The number of carbonyl (C=O) groups is 5. The SMILES string of the molecule is C[C@@H](OCC1CCCCC1)[C@H](NC(=O)[C@@H]1CN(C(=O)c2cnn(Cc3ccccc3)c2)CC12CN(C(=O)[C@H]1CC1(C)C)C2)C(=O)N1CCCCC1C(=O)O. The smallest absolute Gasteiger partial charge is 0.326 e. The minimum absolute atomic E-state index is 0.0438.